The van der Waals surface area contributed by atoms with Gasteiger partial charge in [0.25, 0.3) is 10.0 Å². The average Bonchev–Trinajstić information content (AvgIpc) is 2.93. The standard InChI is InChI=1S/C29H31Cl4N3O4S/c1-4-19(3)34-29(38)27(5-2)35(17-20-11-12-25(32)26(33)13-20)28(37)18-36(23-15-21(30)14-22(31)16-23)41(39,40)24-9-7-6-8-10-24/h6-16,19,27H,4-5,17-18H2,1-3H3,(H,34,38)/t19-,27+/m1/s1. The van der Waals surface area contributed by atoms with E-state index in [4.69, 9.17) is 46.4 Å². The molecule has 220 valence electrons. The van der Waals surface area contributed by atoms with E-state index in [9.17, 15) is 18.0 Å². The van der Waals surface area contributed by atoms with Gasteiger partial charge < -0.3 is 10.2 Å². The Hall–Kier alpha value is -2.49. The predicted octanol–water partition coefficient (Wildman–Crippen LogP) is 7.22. The van der Waals surface area contributed by atoms with Crippen LogP contribution < -0.4 is 9.62 Å². The van der Waals surface area contributed by atoms with Crippen molar-refractivity contribution < 1.29 is 18.0 Å². The van der Waals surface area contributed by atoms with Crippen LogP contribution in [-0.2, 0) is 26.2 Å². The molecule has 2 atom stereocenters. The summed E-state index contributed by atoms with van der Waals surface area (Å²) in [4.78, 5) is 28.8. The molecule has 0 unspecified atom stereocenters. The third-order valence-electron chi connectivity index (χ3n) is 6.47. The van der Waals surface area contributed by atoms with E-state index in [-0.39, 0.29) is 50.6 Å². The fourth-order valence-corrected chi connectivity index (χ4v) is 6.38. The summed E-state index contributed by atoms with van der Waals surface area (Å²) in [5.74, 6) is -0.962. The van der Waals surface area contributed by atoms with Crippen LogP contribution in [-0.4, -0.2) is 43.8 Å². The summed E-state index contributed by atoms with van der Waals surface area (Å²) in [6.07, 6.45) is 0.977. The lowest BCUT2D eigenvalue weighted by atomic mass is 10.1. The van der Waals surface area contributed by atoms with Crippen LogP contribution >= 0.6 is 46.4 Å². The Bertz CT molecular complexity index is 1470. The minimum Gasteiger partial charge on any atom is -0.352 e. The SMILES string of the molecule is CC[C@@H](C)NC(=O)[C@H](CC)N(Cc1ccc(Cl)c(Cl)c1)C(=O)CN(c1cc(Cl)cc(Cl)c1)S(=O)(=O)c1ccccc1. The van der Waals surface area contributed by atoms with Crippen LogP contribution in [0.25, 0.3) is 0 Å². The van der Waals surface area contributed by atoms with E-state index >= 15 is 0 Å². The first-order chi connectivity index (χ1) is 19.4. The molecular weight excluding hydrogens is 628 g/mol. The van der Waals surface area contributed by atoms with Crippen LogP contribution in [0.5, 0.6) is 0 Å². The number of anilines is 1. The highest BCUT2D eigenvalue weighted by Gasteiger charge is 2.34. The molecule has 0 radical (unpaired) electrons. The molecule has 0 aliphatic carbocycles. The maximum absolute atomic E-state index is 14.1. The van der Waals surface area contributed by atoms with E-state index in [1.54, 1.807) is 43.3 Å². The van der Waals surface area contributed by atoms with Crippen LogP contribution in [0.3, 0.4) is 0 Å². The highest BCUT2D eigenvalue weighted by Crippen LogP contribution is 2.30. The number of nitrogens with one attached hydrogen (secondary N) is 1. The fraction of sp³-hybridized carbons (Fsp3) is 0.310. The number of benzene rings is 3. The lowest BCUT2D eigenvalue weighted by Crippen LogP contribution is -2.53. The van der Waals surface area contributed by atoms with E-state index in [1.807, 2.05) is 13.8 Å². The minimum atomic E-state index is -4.25. The van der Waals surface area contributed by atoms with Crippen molar-refractivity contribution in [3.8, 4) is 0 Å². The first kappa shape index (κ1) is 33.0. The fourth-order valence-electron chi connectivity index (χ4n) is 4.13. The molecule has 0 heterocycles. The van der Waals surface area contributed by atoms with Crippen molar-refractivity contribution in [3.05, 3.63) is 92.4 Å². The summed E-state index contributed by atoms with van der Waals surface area (Å²) in [7, 11) is -4.25. The van der Waals surface area contributed by atoms with Crippen LogP contribution in [0.15, 0.2) is 71.6 Å². The predicted molar refractivity (Wildman–Crippen MR) is 166 cm³/mol. The highest BCUT2D eigenvalue weighted by atomic mass is 35.5. The maximum atomic E-state index is 14.1. The smallest absolute Gasteiger partial charge is 0.264 e. The van der Waals surface area contributed by atoms with Crippen LogP contribution in [0.1, 0.15) is 39.2 Å². The molecule has 0 aliphatic rings. The van der Waals surface area contributed by atoms with Gasteiger partial charge in [0.2, 0.25) is 11.8 Å². The third-order valence-corrected chi connectivity index (χ3v) is 9.43. The number of rotatable bonds is 12. The van der Waals surface area contributed by atoms with Crippen LogP contribution in [0.4, 0.5) is 5.69 Å². The number of halogens is 4. The van der Waals surface area contributed by atoms with E-state index in [2.05, 4.69) is 5.32 Å². The largest absolute Gasteiger partial charge is 0.352 e. The summed E-state index contributed by atoms with van der Waals surface area (Å²) in [5, 5.41) is 3.95. The quantitative estimate of drug-likeness (QED) is 0.223. The summed E-state index contributed by atoms with van der Waals surface area (Å²) in [6, 6.07) is 15.9. The molecule has 0 fully saturated rings. The molecule has 0 spiro atoms. The van der Waals surface area contributed by atoms with E-state index in [1.165, 1.54) is 35.2 Å². The Morgan fingerprint density at radius 1 is 0.854 bits per heavy atom. The van der Waals surface area contributed by atoms with Gasteiger partial charge in [-0.25, -0.2) is 8.42 Å². The molecule has 1 N–H and O–H groups in total. The number of carbonyl (C=O) groups is 2. The number of sulfonamides is 1. The van der Waals surface area contributed by atoms with Crippen molar-refractivity contribution in [3.63, 3.8) is 0 Å². The topological polar surface area (TPSA) is 86.8 Å². The number of hydrogen-bond donors (Lipinski definition) is 1. The summed E-state index contributed by atoms with van der Waals surface area (Å²) >= 11 is 24.8. The molecular formula is C29H31Cl4N3O4S. The van der Waals surface area contributed by atoms with E-state index in [0.29, 0.717) is 17.0 Å². The number of carbonyl (C=O) groups excluding carboxylic acids is 2. The zero-order valence-electron chi connectivity index (χ0n) is 22.8. The zero-order valence-corrected chi connectivity index (χ0v) is 26.6. The van der Waals surface area contributed by atoms with Gasteiger partial charge in [0.1, 0.15) is 12.6 Å². The Morgan fingerprint density at radius 3 is 2.05 bits per heavy atom. The lowest BCUT2D eigenvalue weighted by Gasteiger charge is -2.34. The van der Waals surface area contributed by atoms with Crippen molar-refractivity contribution in [2.24, 2.45) is 0 Å². The van der Waals surface area contributed by atoms with Gasteiger partial charge in [-0.3, -0.25) is 13.9 Å². The molecule has 3 rings (SSSR count). The summed E-state index contributed by atoms with van der Waals surface area (Å²) in [5.41, 5.74) is 0.720. The molecule has 2 amide bonds. The van der Waals surface area contributed by atoms with Gasteiger partial charge in [-0.2, -0.15) is 0 Å². The Kier molecular flexibility index (Phi) is 11.8. The van der Waals surface area contributed by atoms with Crippen molar-refractivity contribution >= 4 is 73.9 Å². The number of hydrogen-bond acceptors (Lipinski definition) is 4. The second kappa shape index (κ2) is 14.6. The molecule has 0 bridgehead atoms. The average molecular weight is 659 g/mol. The van der Waals surface area contributed by atoms with Gasteiger partial charge in [-0.15, -0.1) is 0 Å². The van der Waals surface area contributed by atoms with E-state index in [0.717, 1.165) is 4.31 Å². The first-order valence-corrected chi connectivity index (χ1v) is 15.9. The molecule has 3 aromatic carbocycles. The summed E-state index contributed by atoms with van der Waals surface area (Å²) < 4.78 is 28.7. The second-order valence-electron chi connectivity index (χ2n) is 9.46. The normalized spacial score (nSPS) is 12.9. The summed E-state index contributed by atoms with van der Waals surface area (Å²) in [6.45, 7) is 4.95. The van der Waals surface area contributed by atoms with Gasteiger partial charge in [0.15, 0.2) is 0 Å². The number of nitrogens with zero attached hydrogens (tertiary/aromatic N) is 2. The highest BCUT2D eigenvalue weighted by molar-refractivity contribution is 7.92. The van der Waals surface area contributed by atoms with Gasteiger partial charge in [0, 0.05) is 22.6 Å². The molecule has 41 heavy (non-hydrogen) atoms. The molecule has 7 nitrogen and oxygen atoms in total. The Labute approximate surface area is 261 Å². The Morgan fingerprint density at radius 2 is 1.49 bits per heavy atom. The second-order valence-corrected chi connectivity index (χ2v) is 13.0. The van der Waals surface area contributed by atoms with Crippen LogP contribution in [0.2, 0.25) is 20.1 Å². The maximum Gasteiger partial charge on any atom is 0.264 e. The minimum absolute atomic E-state index is 0.0162. The molecule has 12 heteroatoms. The van der Waals surface area contributed by atoms with Crippen LogP contribution in [0, 0.1) is 0 Å². The zero-order chi connectivity index (χ0) is 30.3. The van der Waals surface area contributed by atoms with Gasteiger partial charge in [-0.1, -0.05) is 84.5 Å². The molecule has 0 aromatic heterocycles. The Balaban J connectivity index is 2.10. The van der Waals surface area contributed by atoms with E-state index < -0.39 is 28.5 Å². The van der Waals surface area contributed by atoms with Crippen molar-refractivity contribution in [1.82, 2.24) is 10.2 Å². The number of amides is 2. The molecule has 0 aliphatic heterocycles. The third kappa shape index (κ3) is 8.52. The van der Waals surface area contributed by atoms with Crippen molar-refractivity contribution in [2.45, 2.75) is 57.1 Å². The monoisotopic (exact) mass is 657 g/mol. The molecule has 0 saturated heterocycles. The molecule has 0 saturated carbocycles. The van der Waals surface area contributed by atoms with Gasteiger partial charge in [0.05, 0.1) is 20.6 Å². The van der Waals surface area contributed by atoms with Gasteiger partial charge in [-0.05, 0) is 67.8 Å². The van der Waals surface area contributed by atoms with Crippen molar-refractivity contribution in [1.29, 1.82) is 0 Å². The van der Waals surface area contributed by atoms with Gasteiger partial charge >= 0.3 is 0 Å². The van der Waals surface area contributed by atoms with Crippen molar-refractivity contribution in [2.75, 3.05) is 10.8 Å². The lowest BCUT2D eigenvalue weighted by molar-refractivity contribution is -0.140. The first-order valence-electron chi connectivity index (χ1n) is 12.9. The molecule has 3 aromatic rings.